The van der Waals surface area contributed by atoms with Crippen molar-refractivity contribution in [3.05, 3.63) is 29.8 Å². The van der Waals surface area contributed by atoms with Gasteiger partial charge in [0.25, 0.3) is 0 Å². The highest BCUT2D eigenvalue weighted by Crippen LogP contribution is 2.31. The molecule has 186 valence electrons. The molecule has 1 aromatic carbocycles. The number of carbonyl (C=O) groups excluding carboxylic acids is 2. The smallest absolute Gasteiger partial charge is 0.409 e. The topological polar surface area (TPSA) is 67.7 Å². The summed E-state index contributed by atoms with van der Waals surface area (Å²) in [7, 11) is 0. The van der Waals surface area contributed by atoms with Crippen molar-refractivity contribution in [1.82, 2.24) is 19.4 Å². The Balaban J connectivity index is 1.56. The molecular weight excluding hydrogens is 435 g/mol. The van der Waals surface area contributed by atoms with Crippen LogP contribution < -0.4 is 0 Å². The molecular formula is C26H37FN4O3. The Morgan fingerprint density at radius 3 is 2.68 bits per heavy atom. The van der Waals surface area contributed by atoms with Crippen molar-refractivity contribution in [3.8, 4) is 0 Å². The van der Waals surface area contributed by atoms with Crippen molar-refractivity contribution < 1.29 is 18.7 Å². The second-order valence-electron chi connectivity index (χ2n) is 9.46. The van der Waals surface area contributed by atoms with Crippen LogP contribution in [0.25, 0.3) is 11.0 Å². The summed E-state index contributed by atoms with van der Waals surface area (Å²) < 4.78 is 21.4. The van der Waals surface area contributed by atoms with Crippen LogP contribution in [0.3, 0.4) is 0 Å². The monoisotopic (exact) mass is 472 g/mol. The number of piperidine rings is 1. The largest absolute Gasteiger partial charge is 0.450 e. The number of ether oxygens (including phenoxy) is 1. The fourth-order valence-electron chi connectivity index (χ4n) is 5.61. The van der Waals surface area contributed by atoms with E-state index in [0.717, 1.165) is 37.0 Å². The van der Waals surface area contributed by atoms with Gasteiger partial charge in [0.1, 0.15) is 11.6 Å². The van der Waals surface area contributed by atoms with Crippen LogP contribution in [-0.2, 0) is 16.1 Å². The zero-order chi connectivity index (χ0) is 24.1. The minimum absolute atomic E-state index is 0.0179. The molecule has 2 heterocycles. The lowest BCUT2D eigenvalue weighted by atomic mass is 9.94. The number of hydrogen-bond donors (Lipinski definition) is 0. The number of imidazole rings is 1. The zero-order valence-electron chi connectivity index (χ0n) is 20.5. The van der Waals surface area contributed by atoms with Crippen molar-refractivity contribution in [3.63, 3.8) is 0 Å². The van der Waals surface area contributed by atoms with Gasteiger partial charge in [-0.1, -0.05) is 19.3 Å². The third-order valence-corrected chi connectivity index (χ3v) is 7.28. The molecule has 1 aliphatic carbocycles. The molecule has 8 heteroatoms. The number of benzene rings is 1. The molecule has 1 aliphatic heterocycles. The first-order valence-electron chi connectivity index (χ1n) is 12.9. The molecule has 0 radical (unpaired) electrons. The van der Waals surface area contributed by atoms with Gasteiger partial charge in [0.15, 0.2) is 0 Å². The highest BCUT2D eigenvalue weighted by molar-refractivity contribution is 5.78. The van der Waals surface area contributed by atoms with Crippen molar-refractivity contribution in [2.75, 3.05) is 26.2 Å². The number of carbonyl (C=O) groups is 2. The van der Waals surface area contributed by atoms with Gasteiger partial charge in [-0.15, -0.1) is 0 Å². The molecule has 2 aromatic rings. The maximum atomic E-state index is 14.2. The fourth-order valence-corrected chi connectivity index (χ4v) is 5.61. The first-order valence-corrected chi connectivity index (χ1v) is 12.9. The number of likely N-dealkylation sites (tertiary alicyclic amines) is 1. The summed E-state index contributed by atoms with van der Waals surface area (Å²) >= 11 is 0. The van der Waals surface area contributed by atoms with E-state index in [1.165, 1.54) is 31.4 Å². The molecule has 1 saturated heterocycles. The molecule has 1 saturated carbocycles. The van der Waals surface area contributed by atoms with Crippen molar-refractivity contribution in [2.45, 2.75) is 83.7 Å². The van der Waals surface area contributed by atoms with E-state index in [4.69, 9.17) is 9.72 Å². The van der Waals surface area contributed by atoms with Gasteiger partial charge < -0.3 is 19.1 Å². The van der Waals surface area contributed by atoms with Crippen LogP contribution in [-0.4, -0.2) is 63.6 Å². The van der Waals surface area contributed by atoms with Gasteiger partial charge in [-0.05, 0) is 57.7 Å². The maximum absolute atomic E-state index is 14.2. The Kier molecular flexibility index (Phi) is 8.06. The van der Waals surface area contributed by atoms with E-state index in [1.54, 1.807) is 17.9 Å². The van der Waals surface area contributed by atoms with Crippen molar-refractivity contribution in [1.29, 1.82) is 0 Å². The number of amides is 2. The summed E-state index contributed by atoms with van der Waals surface area (Å²) in [5, 5.41) is 0. The highest BCUT2D eigenvalue weighted by atomic mass is 19.1. The fraction of sp³-hybridized carbons (Fsp3) is 0.654. The van der Waals surface area contributed by atoms with E-state index in [1.807, 2.05) is 16.4 Å². The van der Waals surface area contributed by atoms with Crippen LogP contribution in [0, 0.1) is 5.82 Å². The van der Waals surface area contributed by atoms with Gasteiger partial charge in [0.05, 0.1) is 17.6 Å². The van der Waals surface area contributed by atoms with E-state index in [0.29, 0.717) is 50.8 Å². The molecule has 0 N–H and O–H groups in total. The minimum atomic E-state index is -0.319. The van der Waals surface area contributed by atoms with Gasteiger partial charge in [0, 0.05) is 44.6 Å². The zero-order valence-corrected chi connectivity index (χ0v) is 20.5. The van der Waals surface area contributed by atoms with E-state index in [-0.39, 0.29) is 23.7 Å². The van der Waals surface area contributed by atoms with Gasteiger partial charge in [0.2, 0.25) is 5.91 Å². The lowest BCUT2D eigenvalue weighted by Gasteiger charge is -2.34. The lowest BCUT2D eigenvalue weighted by Crippen LogP contribution is -2.42. The normalized spacial score (nSPS) is 19.4. The predicted molar refractivity (Wildman–Crippen MR) is 129 cm³/mol. The van der Waals surface area contributed by atoms with Crippen LogP contribution in [0.15, 0.2) is 18.2 Å². The molecule has 1 aromatic heterocycles. The summed E-state index contributed by atoms with van der Waals surface area (Å²) in [6.07, 6.45) is 7.57. The number of rotatable bonds is 7. The summed E-state index contributed by atoms with van der Waals surface area (Å²) in [4.78, 5) is 34.2. The number of aryl methyl sites for hydroxylation is 1. The SMILES string of the molecule is CCOC(=O)N1CCCC(c2nc3ccc(F)cc3n2CCC(=O)N(CC)C2CCCCC2)C1. The first-order chi connectivity index (χ1) is 16.5. The Morgan fingerprint density at radius 2 is 1.94 bits per heavy atom. The molecule has 34 heavy (non-hydrogen) atoms. The lowest BCUT2D eigenvalue weighted by molar-refractivity contribution is -0.134. The maximum Gasteiger partial charge on any atom is 0.409 e. The Hall–Kier alpha value is -2.64. The van der Waals surface area contributed by atoms with Crippen LogP contribution in [0.5, 0.6) is 0 Å². The standard InChI is InChI=1S/C26H37FN4O3/c1-3-30(21-10-6-5-7-11-21)24(32)14-16-31-23-17-20(27)12-13-22(23)28-25(31)19-9-8-15-29(18-19)26(33)34-4-2/h12-13,17,19,21H,3-11,14-16,18H2,1-2H3. The molecule has 2 aliphatic rings. The number of halogens is 1. The molecule has 1 atom stereocenters. The van der Waals surface area contributed by atoms with Crippen LogP contribution in [0.2, 0.25) is 0 Å². The van der Waals surface area contributed by atoms with Gasteiger partial charge in [-0.25, -0.2) is 14.2 Å². The number of hydrogen-bond acceptors (Lipinski definition) is 4. The number of fused-ring (bicyclic) bond motifs is 1. The highest BCUT2D eigenvalue weighted by Gasteiger charge is 2.30. The van der Waals surface area contributed by atoms with Gasteiger partial charge >= 0.3 is 6.09 Å². The Bertz CT molecular complexity index is 1000. The third-order valence-electron chi connectivity index (χ3n) is 7.28. The number of aromatic nitrogens is 2. The number of nitrogens with zero attached hydrogens (tertiary/aromatic N) is 4. The average Bonchev–Trinajstić information content (AvgIpc) is 3.21. The molecule has 0 spiro atoms. The van der Waals surface area contributed by atoms with Crippen molar-refractivity contribution >= 4 is 23.0 Å². The third kappa shape index (κ3) is 5.36. The Labute approximate surface area is 201 Å². The van der Waals surface area contributed by atoms with E-state index >= 15 is 0 Å². The summed E-state index contributed by atoms with van der Waals surface area (Å²) in [5.41, 5.74) is 1.42. The van der Waals surface area contributed by atoms with Crippen LogP contribution >= 0.6 is 0 Å². The first kappa shape index (κ1) is 24.5. The second-order valence-corrected chi connectivity index (χ2v) is 9.46. The van der Waals surface area contributed by atoms with E-state index < -0.39 is 0 Å². The molecule has 2 fully saturated rings. The molecule has 1 unspecified atom stereocenters. The van der Waals surface area contributed by atoms with Crippen molar-refractivity contribution in [2.24, 2.45) is 0 Å². The van der Waals surface area contributed by atoms with E-state index in [9.17, 15) is 14.0 Å². The quantitative estimate of drug-likeness (QED) is 0.563. The predicted octanol–water partition coefficient (Wildman–Crippen LogP) is 5.08. The summed E-state index contributed by atoms with van der Waals surface area (Å²) in [6.45, 7) is 6.54. The van der Waals surface area contributed by atoms with Crippen LogP contribution in [0.1, 0.15) is 77.0 Å². The molecule has 0 bridgehead atoms. The Morgan fingerprint density at radius 1 is 1.15 bits per heavy atom. The van der Waals surface area contributed by atoms with E-state index in [2.05, 4.69) is 0 Å². The minimum Gasteiger partial charge on any atom is -0.450 e. The van der Waals surface area contributed by atoms with Crippen LogP contribution in [0.4, 0.5) is 9.18 Å². The average molecular weight is 473 g/mol. The van der Waals surface area contributed by atoms with Gasteiger partial charge in [-0.2, -0.15) is 0 Å². The second kappa shape index (κ2) is 11.2. The van der Waals surface area contributed by atoms with Gasteiger partial charge in [-0.3, -0.25) is 4.79 Å². The summed E-state index contributed by atoms with van der Waals surface area (Å²) in [5.74, 6) is 0.670. The summed E-state index contributed by atoms with van der Waals surface area (Å²) in [6, 6.07) is 4.95. The molecule has 2 amide bonds. The molecule has 7 nitrogen and oxygen atoms in total. The molecule has 4 rings (SSSR count).